The van der Waals surface area contributed by atoms with Crippen LogP contribution < -0.4 is 5.73 Å². The van der Waals surface area contributed by atoms with E-state index >= 15 is 0 Å². The number of benzene rings is 1. The molecule has 2 aromatic heterocycles. The maximum Gasteiger partial charge on any atom is 0.267 e. The number of hydrogen-bond acceptors (Lipinski definition) is 5. The minimum Gasteiger partial charge on any atom is -0.501 e. The number of alkyl halides is 1. The average Bonchev–Trinajstić information content (AvgIpc) is 3.04. The summed E-state index contributed by atoms with van der Waals surface area (Å²) in [5, 5.41) is 20.4. The van der Waals surface area contributed by atoms with Crippen LogP contribution in [0.15, 0.2) is 54.3 Å². The molecule has 3 aromatic rings. The molecule has 0 aliphatic heterocycles. The van der Waals surface area contributed by atoms with E-state index in [0.29, 0.717) is 27.8 Å². The highest BCUT2D eigenvalue weighted by Gasteiger charge is 2.23. The van der Waals surface area contributed by atoms with Gasteiger partial charge in [0.05, 0.1) is 24.9 Å². The first-order valence-corrected chi connectivity index (χ1v) is 9.27. The molecular formula is C22H20FN3O4. The lowest BCUT2D eigenvalue weighted by Crippen LogP contribution is -2.15. The number of pyridine rings is 1. The van der Waals surface area contributed by atoms with Crippen LogP contribution in [0, 0.1) is 0 Å². The van der Waals surface area contributed by atoms with Crippen molar-refractivity contribution < 1.29 is 24.1 Å². The van der Waals surface area contributed by atoms with Crippen LogP contribution >= 0.6 is 0 Å². The Hall–Kier alpha value is -3.81. The summed E-state index contributed by atoms with van der Waals surface area (Å²) in [5.74, 6) is -0.349. The Morgan fingerprint density at radius 2 is 1.97 bits per heavy atom. The van der Waals surface area contributed by atoms with E-state index in [-0.39, 0.29) is 30.4 Å². The average molecular weight is 409 g/mol. The van der Waals surface area contributed by atoms with Crippen LogP contribution in [0.4, 0.5) is 4.39 Å². The second-order valence-corrected chi connectivity index (χ2v) is 7.04. The van der Waals surface area contributed by atoms with E-state index in [0.717, 1.165) is 5.56 Å². The predicted molar refractivity (Wildman–Crippen MR) is 110 cm³/mol. The molecular weight excluding hydrogens is 389 g/mol. The molecule has 1 amide bonds. The highest BCUT2D eigenvalue weighted by molar-refractivity contribution is 5.99. The topological polar surface area (TPSA) is 111 Å². The number of rotatable bonds is 5. The molecule has 1 aromatic carbocycles. The van der Waals surface area contributed by atoms with E-state index in [1.165, 1.54) is 29.9 Å². The molecule has 0 spiro atoms. The first kappa shape index (κ1) is 19.5. The van der Waals surface area contributed by atoms with Gasteiger partial charge in [0.15, 0.2) is 11.8 Å². The number of allylic oxidation sites excluding steroid dienone is 4. The fraction of sp³-hybridized carbons (Fsp3) is 0.182. The van der Waals surface area contributed by atoms with Gasteiger partial charge in [-0.25, -0.2) is 9.37 Å². The summed E-state index contributed by atoms with van der Waals surface area (Å²) in [4.78, 5) is 16.2. The molecule has 0 fully saturated rings. The quantitative estimate of drug-likeness (QED) is 0.599. The molecule has 154 valence electrons. The standard InChI is InChI=1S/C22H20FN3O4/c1-30-13-3-5-14(17(23)9-13)16-10-19(22(24)29)25-18-8-12(2-4-15(16)18)11-26-20(27)6-7-21(26)28/h2-8,10,17,27-28H,9,11H2,1H3,(H2,24,29). The molecule has 1 atom stereocenters. The van der Waals surface area contributed by atoms with Crippen molar-refractivity contribution in [2.24, 2.45) is 5.73 Å². The Balaban J connectivity index is 1.84. The number of nitrogens with two attached hydrogens (primary N) is 1. The van der Waals surface area contributed by atoms with Gasteiger partial charge in [-0.2, -0.15) is 0 Å². The summed E-state index contributed by atoms with van der Waals surface area (Å²) < 4.78 is 21.3. The Morgan fingerprint density at radius 1 is 1.23 bits per heavy atom. The summed E-state index contributed by atoms with van der Waals surface area (Å²) in [5.41, 5.74) is 7.61. The third-order valence-corrected chi connectivity index (χ3v) is 5.14. The largest absolute Gasteiger partial charge is 0.501 e. The van der Waals surface area contributed by atoms with E-state index in [1.54, 1.807) is 30.4 Å². The number of methoxy groups -OCH3 is 1. The maximum atomic E-state index is 14.9. The number of aromatic hydroxyl groups is 2. The number of carbonyl (C=O) groups is 1. The number of aromatic nitrogens is 2. The van der Waals surface area contributed by atoms with Crippen molar-refractivity contribution in [1.29, 1.82) is 0 Å². The number of ether oxygens (including phenoxy) is 1. The predicted octanol–water partition coefficient (Wildman–Crippen LogP) is 3.25. The molecule has 0 saturated heterocycles. The van der Waals surface area contributed by atoms with Gasteiger partial charge in [0.1, 0.15) is 11.9 Å². The zero-order valence-corrected chi connectivity index (χ0v) is 16.2. The summed E-state index contributed by atoms with van der Waals surface area (Å²) in [6, 6.07) is 9.56. The molecule has 0 saturated carbocycles. The molecule has 30 heavy (non-hydrogen) atoms. The van der Waals surface area contributed by atoms with Gasteiger partial charge in [-0.3, -0.25) is 9.36 Å². The Kier molecular flexibility index (Phi) is 4.91. The van der Waals surface area contributed by atoms with E-state index in [4.69, 9.17) is 10.5 Å². The van der Waals surface area contributed by atoms with Gasteiger partial charge in [0.25, 0.3) is 5.91 Å². The second-order valence-electron chi connectivity index (χ2n) is 7.04. The molecule has 4 N–H and O–H groups in total. The van der Waals surface area contributed by atoms with E-state index < -0.39 is 12.1 Å². The molecule has 0 bridgehead atoms. The summed E-state index contributed by atoms with van der Waals surface area (Å²) >= 11 is 0. The van der Waals surface area contributed by atoms with Gasteiger partial charge < -0.3 is 20.7 Å². The lowest BCUT2D eigenvalue weighted by atomic mass is 9.91. The third-order valence-electron chi connectivity index (χ3n) is 5.14. The number of nitrogens with zero attached hydrogens (tertiary/aromatic N) is 2. The van der Waals surface area contributed by atoms with Crippen LogP contribution in [-0.2, 0) is 11.3 Å². The van der Waals surface area contributed by atoms with Gasteiger partial charge in [0, 0.05) is 23.9 Å². The summed E-state index contributed by atoms with van der Waals surface area (Å²) in [6.07, 6.45) is 2.14. The second kappa shape index (κ2) is 7.55. The molecule has 1 aliphatic carbocycles. The van der Waals surface area contributed by atoms with Crippen molar-refractivity contribution in [3.05, 3.63) is 71.1 Å². The molecule has 8 heteroatoms. The Bertz CT molecular complexity index is 1190. The van der Waals surface area contributed by atoms with Crippen molar-refractivity contribution in [2.45, 2.75) is 19.1 Å². The van der Waals surface area contributed by atoms with Crippen LogP contribution in [0.3, 0.4) is 0 Å². The molecule has 0 radical (unpaired) electrons. The van der Waals surface area contributed by atoms with Crippen molar-refractivity contribution in [1.82, 2.24) is 9.55 Å². The molecule has 1 aliphatic rings. The summed E-state index contributed by atoms with van der Waals surface area (Å²) in [6.45, 7) is 0.187. The third kappa shape index (κ3) is 3.47. The fourth-order valence-electron chi connectivity index (χ4n) is 3.58. The normalized spacial score (nSPS) is 16.3. The number of primary amides is 1. The number of fused-ring (bicyclic) bond motifs is 1. The van der Waals surface area contributed by atoms with Crippen molar-refractivity contribution >= 4 is 22.4 Å². The molecule has 1 unspecified atom stereocenters. The SMILES string of the molecule is COC1=CC=C(c2cc(C(N)=O)nc3cc(Cn4c(O)ccc4O)ccc23)C(F)C1. The van der Waals surface area contributed by atoms with Crippen LogP contribution in [0.5, 0.6) is 11.8 Å². The van der Waals surface area contributed by atoms with Gasteiger partial charge in [-0.1, -0.05) is 18.2 Å². The van der Waals surface area contributed by atoms with Crippen molar-refractivity contribution in [3.8, 4) is 11.8 Å². The molecule has 2 heterocycles. The van der Waals surface area contributed by atoms with Crippen LogP contribution in [0.25, 0.3) is 16.5 Å². The number of hydrogen-bond donors (Lipinski definition) is 3. The van der Waals surface area contributed by atoms with E-state index in [2.05, 4.69) is 4.98 Å². The fourth-order valence-corrected chi connectivity index (χ4v) is 3.58. The first-order chi connectivity index (χ1) is 14.4. The lowest BCUT2D eigenvalue weighted by Gasteiger charge is -2.20. The van der Waals surface area contributed by atoms with Crippen molar-refractivity contribution in [2.75, 3.05) is 7.11 Å². The minimum absolute atomic E-state index is 0.0240. The zero-order valence-electron chi connectivity index (χ0n) is 16.2. The minimum atomic E-state index is -1.30. The Morgan fingerprint density at radius 3 is 2.60 bits per heavy atom. The number of amides is 1. The monoisotopic (exact) mass is 409 g/mol. The molecule has 4 rings (SSSR count). The molecule has 7 nitrogen and oxygen atoms in total. The van der Waals surface area contributed by atoms with E-state index in [9.17, 15) is 19.4 Å². The van der Waals surface area contributed by atoms with Gasteiger partial charge >= 0.3 is 0 Å². The summed E-state index contributed by atoms with van der Waals surface area (Å²) in [7, 11) is 1.49. The number of halogens is 1. The zero-order chi connectivity index (χ0) is 21.4. The Labute approximate surface area is 171 Å². The lowest BCUT2D eigenvalue weighted by molar-refractivity contribution is 0.0996. The van der Waals surface area contributed by atoms with Gasteiger partial charge in [0.2, 0.25) is 0 Å². The van der Waals surface area contributed by atoms with E-state index in [1.807, 2.05) is 0 Å². The maximum absolute atomic E-state index is 14.9. The number of carbonyl (C=O) groups excluding carboxylic acids is 1. The van der Waals surface area contributed by atoms with Crippen LogP contribution in [0.2, 0.25) is 0 Å². The van der Waals surface area contributed by atoms with Gasteiger partial charge in [-0.05, 0) is 34.9 Å². The van der Waals surface area contributed by atoms with Gasteiger partial charge in [-0.15, -0.1) is 0 Å². The van der Waals surface area contributed by atoms with Crippen LogP contribution in [0.1, 0.15) is 28.0 Å². The highest BCUT2D eigenvalue weighted by atomic mass is 19.1. The van der Waals surface area contributed by atoms with Crippen LogP contribution in [-0.4, -0.2) is 39.0 Å². The first-order valence-electron chi connectivity index (χ1n) is 9.27. The van der Waals surface area contributed by atoms with Crippen molar-refractivity contribution in [3.63, 3.8) is 0 Å². The smallest absolute Gasteiger partial charge is 0.267 e. The highest BCUT2D eigenvalue weighted by Crippen LogP contribution is 2.34.